The number of ether oxygens (including phenoxy) is 1. The molecule has 1 aromatic heterocycles. The van der Waals surface area contributed by atoms with Gasteiger partial charge in [-0.1, -0.05) is 35.9 Å². The van der Waals surface area contributed by atoms with Crippen molar-refractivity contribution in [3.8, 4) is 5.75 Å². The molecule has 0 radical (unpaired) electrons. The van der Waals surface area contributed by atoms with Gasteiger partial charge in [-0.15, -0.1) is 0 Å². The smallest absolute Gasteiger partial charge is 0.144 e. The second-order valence-electron chi connectivity index (χ2n) is 5.47. The molecular formula is C18H18ClN3O. The summed E-state index contributed by atoms with van der Waals surface area (Å²) in [4.78, 5) is 11.1. The third-order valence-electron chi connectivity index (χ3n) is 3.60. The van der Waals surface area contributed by atoms with Crippen LogP contribution in [0.15, 0.2) is 48.5 Å². The van der Waals surface area contributed by atoms with Crippen LogP contribution in [-0.4, -0.2) is 29.0 Å². The van der Waals surface area contributed by atoms with E-state index in [1.54, 1.807) is 7.11 Å². The van der Waals surface area contributed by atoms with E-state index < -0.39 is 0 Å². The SMILES string of the molecule is COc1cccc(CN(C)Cc2nc(Cl)c3ccccc3n2)c1. The van der Waals surface area contributed by atoms with E-state index in [0.717, 1.165) is 29.0 Å². The topological polar surface area (TPSA) is 38.2 Å². The van der Waals surface area contributed by atoms with Gasteiger partial charge in [0.1, 0.15) is 16.7 Å². The Morgan fingerprint density at radius 3 is 2.70 bits per heavy atom. The van der Waals surface area contributed by atoms with E-state index in [1.165, 1.54) is 5.56 Å². The van der Waals surface area contributed by atoms with Crippen LogP contribution in [0, 0.1) is 0 Å². The van der Waals surface area contributed by atoms with E-state index in [4.69, 9.17) is 16.3 Å². The van der Waals surface area contributed by atoms with Gasteiger partial charge in [0.15, 0.2) is 0 Å². The highest BCUT2D eigenvalue weighted by Crippen LogP contribution is 2.20. The third-order valence-corrected chi connectivity index (χ3v) is 3.89. The van der Waals surface area contributed by atoms with Crippen molar-refractivity contribution < 1.29 is 4.74 Å². The van der Waals surface area contributed by atoms with Crippen LogP contribution >= 0.6 is 11.6 Å². The average molecular weight is 328 g/mol. The predicted molar refractivity (Wildman–Crippen MR) is 92.7 cm³/mol. The van der Waals surface area contributed by atoms with Crippen LogP contribution in [0.4, 0.5) is 0 Å². The first kappa shape index (κ1) is 15.7. The Labute approximate surface area is 140 Å². The van der Waals surface area contributed by atoms with Crippen LogP contribution in [0.25, 0.3) is 10.9 Å². The minimum atomic E-state index is 0.500. The van der Waals surface area contributed by atoms with Crippen molar-refractivity contribution in [2.75, 3.05) is 14.2 Å². The van der Waals surface area contributed by atoms with Crippen molar-refractivity contribution in [2.24, 2.45) is 0 Å². The van der Waals surface area contributed by atoms with Crippen molar-refractivity contribution in [2.45, 2.75) is 13.1 Å². The lowest BCUT2D eigenvalue weighted by molar-refractivity contribution is 0.310. The van der Waals surface area contributed by atoms with E-state index in [-0.39, 0.29) is 0 Å². The molecule has 0 aliphatic carbocycles. The number of methoxy groups -OCH3 is 1. The van der Waals surface area contributed by atoms with Gasteiger partial charge in [0, 0.05) is 11.9 Å². The summed E-state index contributed by atoms with van der Waals surface area (Å²) >= 11 is 6.26. The number of rotatable bonds is 5. The van der Waals surface area contributed by atoms with E-state index in [2.05, 4.69) is 20.9 Å². The lowest BCUT2D eigenvalue weighted by atomic mass is 10.2. The van der Waals surface area contributed by atoms with Crippen molar-refractivity contribution in [1.82, 2.24) is 14.9 Å². The molecular weight excluding hydrogens is 310 g/mol. The number of aromatic nitrogens is 2. The predicted octanol–water partition coefficient (Wildman–Crippen LogP) is 3.92. The summed E-state index contributed by atoms with van der Waals surface area (Å²) in [6.07, 6.45) is 0. The largest absolute Gasteiger partial charge is 0.497 e. The molecule has 0 aliphatic rings. The monoisotopic (exact) mass is 327 g/mol. The highest BCUT2D eigenvalue weighted by molar-refractivity contribution is 6.34. The molecule has 0 bridgehead atoms. The summed E-state index contributed by atoms with van der Waals surface area (Å²) in [5, 5.41) is 1.38. The maximum Gasteiger partial charge on any atom is 0.144 e. The molecule has 3 aromatic rings. The number of para-hydroxylation sites is 1. The molecule has 0 saturated heterocycles. The zero-order valence-corrected chi connectivity index (χ0v) is 13.9. The van der Waals surface area contributed by atoms with Crippen LogP contribution in [0.2, 0.25) is 5.15 Å². The zero-order valence-electron chi connectivity index (χ0n) is 13.2. The van der Waals surface area contributed by atoms with Gasteiger partial charge >= 0.3 is 0 Å². The third kappa shape index (κ3) is 3.78. The molecule has 23 heavy (non-hydrogen) atoms. The van der Waals surface area contributed by atoms with Gasteiger partial charge in [0.2, 0.25) is 0 Å². The quantitative estimate of drug-likeness (QED) is 0.666. The van der Waals surface area contributed by atoms with Crippen LogP contribution in [-0.2, 0) is 13.1 Å². The molecule has 0 unspecified atom stereocenters. The number of hydrogen-bond acceptors (Lipinski definition) is 4. The first-order chi connectivity index (χ1) is 11.2. The lowest BCUT2D eigenvalue weighted by Gasteiger charge is -2.16. The fraction of sp³-hybridized carbons (Fsp3) is 0.222. The molecule has 4 nitrogen and oxygen atoms in total. The van der Waals surface area contributed by atoms with Crippen LogP contribution in [0.1, 0.15) is 11.4 Å². The first-order valence-corrected chi connectivity index (χ1v) is 7.76. The highest BCUT2D eigenvalue weighted by Gasteiger charge is 2.09. The van der Waals surface area contributed by atoms with E-state index >= 15 is 0 Å². The standard InChI is InChI=1S/C18H18ClN3O/c1-22(11-13-6-5-7-14(10-13)23-2)12-17-20-16-9-4-3-8-15(16)18(19)21-17/h3-10H,11-12H2,1-2H3. The zero-order chi connectivity index (χ0) is 16.2. The highest BCUT2D eigenvalue weighted by atomic mass is 35.5. The molecule has 2 aromatic carbocycles. The van der Waals surface area contributed by atoms with Gasteiger partial charge < -0.3 is 4.74 Å². The normalized spacial score (nSPS) is 11.1. The van der Waals surface area contributed by atoms with Crippen molar-refractivity contribution in [3.63, 3.8) is 0 Å². The second kappa shape index (κ2) is 6.94. The Bertz CT molecular complexity index is 822. The Morgan fingerprint density at radius 1 is 1.04 bits per heavy atom. The maximum atomic E-state index is 6.26. The Morgan fingerprint density at radius 2 is 1.87 bits per heavy atom. The van der Waals surface area contributed by atoms with Gasteiger partial charge in [-0.25, -0.2) is 9.97 Å². The molecule has 118 valence electrons. The molecule has 1 heterocycles. The number of benzene rings is 2. The van der Waals surface area contributed by atoms with Crippen molar-refractivity contribution in [3.05, 3.63) is 65.1 Å². The molecule has 0 aliphatic heterocycles. The first-order valence-electron chi connectivity index (χ1n) is 7.38. The minimum Gasteiger partial charge on any atom is -0.497 e. The van der Waals surface area contributed by atoms with E-state index in [0.29, 0.717) is 11.7 Å². The van der Waals surface area contributed by atoms with Crippen LogP contribution < -0.4 is 4.74 Å². The van der Waals surface area contributed by atoms with Gasteiger partial charge in [-0.3, -0.25) is 4.90 Å². The fourth-order valence-corrected chi connectivity index (χ4v) is 2.79. The summed E-state index contributed by atoms with van der Waals surface area (Å²) in [6, 6.07) is 15.8. The Kier molecular flexibility index (Phi) is 4.74. The number of halogens is 1. The number of fused-ring (bicyclic) bond motifs is 1. The molecule has 0 N–H and O–H groups in total. The summed E-state index contributed by atoms with van der Waals surface area (Å²) in [5.41, 5.74) is 2.05. The Hall–Kier alpha value is -2.17. The summed E-state index contributed by atoms with van der Waals surface area (Å²) < 4.78 is 5.26. The average Bonchev–Trinajstić information content (AvgIpc) is 2.55. The van der Waals surface area contributed by atoms with Gasteiger partial charge in [0.25, 0.3) is 0 Å². The molecule has 0 atom stereocenters. The molecule has 5 heteroatoms. The molecule has 0 fully saturated rings. The maximum absolute atomic E-state index is 6.26. The van der Waals surface area contributed by atoms with E-state index in [9.17, 15) is 0 Å². The molecule has 0 saturated carbocycles. The minimum absolute atomic E-state index is 0.500. The fourth-order valence-electron chi connectivity index (χ4n) is 2.53. The van der Waals surface area contributed by atoms with Crippen molar-refractivity contribution >= 4 is 22.5 Å². The molecule has 0 spiro atoms. The summed E-state index contributed by atoms with van der Waals surface area (Å²) in [7, 11) is 3.71. The Balaban J connectivity index is 1.75. The number of nitrogens with zero attached hydrogens (tertiary/aromatic N) is 3. The summed E-state index contributed by atoms with van der Waals surface area (Å²) in [6.45, 7) is 1.41. The number of hydrogen-bond donors (Lipinski definition) is 0. The summed E-state index contributed by atoms with van der Waals surface area (Å²) in [5.74, 6) is 1.58. The molecule has 0 amide bonds. The lowest BCUT2D eigenvalue weighted by Crippen LogP contribution is -2.19. The van der Waals surface area contributed by atoms with Crippen LogP contribution in [0.3, 0.4) is 0 Å². The van der Waals surface area contributed by atoms with Crippen molar-refractivity contribution in [1.29, 1.82) is 0 Å². The van der Waals surface area contributed by atoms with Gasteiger partial charge in [-0.05, 0) is 36.9 Å². The van der Waals surface area contributed by atoms with Crippen LogP contribution in [0.5, 0.6) is 5.75 Å². The second-order valence-corrected chi connectivity index (χ2v) is 5.83. The molecule has 3 rings (SSSR count). The van der Waals surface area contributed by atoms with Gasteiger partial charge in [-0.2, -0.15) is 0 Å². The van der Waals surface area contributed by atoms with E-state index in [1.807, 2.05) is 49.5 Å². The van der Waals surface area contributed by atoms with Gasteiger partial charge in [0.05, 0.1) is 19.2 Å².